The highest BCUT2D eigenvalue weighted by molar-refractivity contribution is 5.93. The smallest absolute Gasteiger partial charge is 0.276 e. The third-order valence-corrected chi connectivity index (χ3v) is 3.67. The molecular weight excluding hydrogens is 376 g/mol. The summed E-state index contributed by atoms with van der Waals surface area (Å²) in [6, 6.07) is 12.3. The predicted octanol–water partition coefficient (Wildman–Crippen LogP) is 2.34. The highest BCUT2D eigenvalue weighted by Crippen LogP contribution is 2.28. The minimum Gasteiger partial charge on any atom is -0.493 e. The van der Waals surface area contributed by atoms with Gasteiger partial charge >= 0.3 is 0 Å². The lowest BCUT2D eigenvalue weighted by atomic mass is 10.2. The Bertz CT molecular complexity index is 866. The second-order valence-corrected chi connectivity index (χ2v) is 5.65. The number of carbonyl (C=O) groups is 2. The van der Waals surface area contributed by atoms with Crippen molar-refractivity contribution in [3.05, 3.63) is 54.1 Å². The number of amides is 2. The van der Waals surface area contributed by atoms with Gasteiger partial charge in [-0.2, -0.15) is 0 Å². The third-order valence-electron chi connectivity index (χ3n) is 3.67. The van der Waals surface area contributed by atoms with Crippen molar-refractivity contribution < 1.29 is 28.5 Å². The monoisotopic (exact) mass is 400 g/mol. The van der Waals surface area contributed by atoms with E-state index >= 15 is 0 Å². The summed E-state index contributed by atoms with van der Waals surface area (Å²) < 4.78 is 21.2. The van der Waals surface area contributed by atoms with Crippen molar-refractivity contribution in [1.82, 2.24) is 10.9 Å². The molecule has 0 radical (unpaired) electrons. The van der Waals surface area contributed by atoms with Crippen LogP contribution in [-0.2, 0) is 9.59 Å². The molecule has 0 aliphatic rings. The first-order valence-electron chi connectivity index (χ1n) is 8.91. The summed E-state index contributed by atoms with van der Waals surface area (Å²) >= 11 is 0. The predicted molar refractivity (Wildman–Crippen MR) is 108 cm³/mol. The third kappa shape index (κ3) is 6.76. The fourth-order valence-corrected chi connectivity index (χ4v) is 2.32. The van der Waals surface area contributed by atoms with E-state index in [1.54, 1.807) is 49.6 Å². The van der Waals surface area contributed by atoms with Gasteiger partial charge in [0.15, 0.2) is 29.6 Å². The van der Waals surface area contributed by atoms with Crippen molar-refractivity contribution >= 4 is 17.9 Å². The molecule has 0 aliphatic heterocycles. The maximum atomic E-state index is 11.9. The fourth-order valence-electron chi connectivity index (χ4n) is 2.32. The van der Waals surface area contributed by atoms with Crippen LogP contribution in [0.15, 0.2) is 48.5 Å². The van der Waals surface area contributed by atoms with Gasteiger partial charge in [0.05, 0.1) is 20.8 Å². The van der Waals surface area contributed by atoms with Crippen LogP contribution in [0.1, 0.15) is 12.5 Å². The van der Waals surface area contributed by atoms with Gasteiger partial charge in [0.2, 0.25) is 0 Å². The summed E-state index contributed by atoms with van der Waals surface area (Å²) in [5.74, 6) is 1.13. The summed E-state index contributed by atoms with van der Waals surface area (Å²) in [6.45, 7) is 2.06. The Morgan fingerprint density at radius 3 is 2.24 bits per heavy atom. The van der Waals surface area contributed by atoms with Gasteiger partial charge in [-0.3, -0.25) is 20.4 Å². The maximum absolute atomic E-state index is 11.9. The van der Waals surface area contributed by atoms with E-state index < -0.39 is 11.8 Å². The second-order valence-electron chi connectivity index (χ2n) is 5.65. The highest BCUT2D eigenvalue weighted by Gasteiger charge is 2.08. The zero-order valence-corrected chi connectivity index (χ0v) is 16.6. The molecule has 154 valence electrons. The molecule has 0 unspecified atom stereocenters. The topological polar surface area (TPSA) is 95.1 Å². The number of hydrogen-bond donors (Lipinski definition) is 2. The number of rotatable bonds is 9. The van der Waals surface area contributed by atoms with E-state index in [-0.39, 0.29) is 6.61 Å². The van der Waals surface area contributed by atoms with Crippen molar-refractivity contribution in [2.24, 2.45) is 0 Å². The summed E-state index contributed by atoms with van der Waals surface area (Å²) in [6.07, 6.45) is 2.87. The quantitative estimate of drug-likeness (QED) is 0.496. The van der Waals surface area contributed by atoms with Crippen molar-refractivity contribution in [1.29, 1.82) is 0 Å². The van der Waals surface area contributed by atoms with Crippen LogP contribution in [0.4, 0.5) is 0 Å². The molecule has 0 aromatic heterocycles. The lowest BCUT2D eigenvalue weighted by Crippen LogP contribution is -2.43. The molecule has 0 saturated carbocycles. The minimum absolute atomic E-state index is 0.274. The first-order chi connectivity index (χ1) is 14.1. The maximum Gasteiger partial charge on any atom is 0.276 e. The lowest BCUT2D eigenvalue weighted by Gasteiger charge is -2.11. The average Bonchev–Trinajstić information content (AvgIpc) is 2.75. The molecule has 2 aromatic carbocycles. The Balaban J connectivity index is 1.81. The van der Waals surface area contributed by atoms with E-state index in [1.807, 2.05) is 13.0 Å². The molecule has 2 amide bonds. The van der Waals surface area contributed by atoms with Crippen LogP contribution < -0.4 is 29.8 Å². The lowest BCUT2D eigenvalue weighted by molar-refractivity contribution is -0.128. The molecule has 0 atom stereocenters. The van der Waals surface area contributed by atoms with Crippen molar-refractivity contribution in [2.45, 2.75) is 6.92 Å². The van der Waals surface area contributed by atoms with Crippen LogP contribution in [0.3, 0.4) is 0 Å². The molecule has 0 spiro atoms. The van der Waals surface area contributed by atoms with Gasteiger partial charge in [-0.25, -0.2) is 0 Å². The molecule has 0 fully saturated rings. The number of nitrogens with one attached hydrogen (secondary N) is 2. The molecule has 8 heteroatoms. The Labute approximate surface area is 169 Å². The summed E-state index contributed by atoms with van der Waals surface area (Å²) in [4.78, 5) is 23.8. The normalized spacial score (nSPS) is 10.3. The number of methoxy groups -OCH3 is 2. The van der Waals surface area contributed by atoms with Gasteiger partial charge in [-0.15, -0.1) is 0 Å². The zero-order valence-electron chi connectivity index (χ0n) is 16.6. The Kier molecular flexibility index (Phi) is 8.37. The molecule has 8 nitrogen and oxygen atoms in total. The van der Waals surface area contributed by atoms with Gasteiger partial charge < -0.3 is 18.9 Å². The van der Waals surface area contributed by atoms with E-state index in [4.69, 9.17) is 18.9 Å². The largest absolute Gasteiger partial charge is 0.493 e. The molecule has 0 bridgehead atoms. The van der Waals surface area contributed by atoms with Gasteiger partial charge in [0.1, 0.15) is 0 Å². The first-order valence-corrected chi connectivity index (χ1v) is 8.91. The molecule has 2 N–H and O–H groups in total. The van der Waals surface area contributed by atoms with Crippen LogP contribution in [-0.4, -0.2) is 39.2 Å². The van der Waals surface area contributed by atoms with Crippen molar-refractivity contribution in [3.8, 4) is 23.0 Å². The Morgan fingerprint density at radius 1 is 0.897 bits per heavy atom. The number of benzene rings is 2. The van der Waals surface area contributed by atoms with E-state index in [0.717, 1.165) is 5.56 Å². The fraction of sp³-hybridized carbons (Fsp3) is 0.238. The van der Waals surface area contributed by atoms with Crippen molar-refractivity contribution in [2.75, 3.05) is 27.4 Å². The van der Waals surface area contributed by atoms with Crippen LogP contribution in [0.2, 0.25) is 0 Å². The van der Waals surface area contributed by atoms with E-state index in [0.29, 0.717) is 29.6 Å². The van der Waals surface area contributed by atoms with Crippen LogP contribution in [0, 0.1) is 0 Å². The highest BCUT2D eigenvalue weighted by atomic mass is 16.5. The first kappa shape index (κ1) is 21.6. The Hall–Kier alpha value is -3.68. The van der Waals surface area contributed by atoms with Crippen LogP contribution in [0.5, 0.6) is 23.0 Å². The molecule has 0 saturated heterocycles. The molecule has 0 heterocycles. The summed E-state index contributed by atoms with van der Waals surface area (Å²) in [7, 11) is 3.07. The molecule has 0 aliphatic carbocycles. The van der Waals surface area contributed by atoms with Gasteiger partial charge in [0.25, 0.3) is 11.8 Å². The van der Waals surface area contributed by atoms with Gasteiger partial charge in [0, 0.05) is 6.08 Å². The summed E-state index contributed by atoms with van der Waals surface area (Å²) in [5.41, 5.74) is 5.30. The minimum atomic E-state index is -0.510. The van der Waals surface area contributed by atoms with Gasteiger partial charge in [-0.05, 0) is 42.8 Å². The SMILES string of the molecule is CCOc1ccccc1OCC(=O)NNC(=O)C=Cc1ccc(OC)c(OC)c1. The van der Waals surface area contributed by atoms with Crippen LogP contribution in [0.25, 0.3) is 6.08 Å². The van der Waals surface area contributed by atoms with E-state index in [1.165, 1.54) is 13.2 Å². The van der Waals surface area contributed by atoms with E-state index in [9.17, 15) is 9.59 Å². The standard InChI is InChI=1S/C21H24N2O6/c1-4-28-17-7-5-6-8-18(17)29-14-21(25)23-22-20(24)12-10-15-9-11-16(26-2)19(13-15)27-3/h5-13H,4,14H2,1-3H3,(H,22,24)(H,23,25). The number of hydrazine groups is 1. The molecule has 2 aromatic rings. The summed E-state index contributed by atoms with van der Waals surface area (Å²) in [5, 5.41) is 0. The van der Waals surface area contributed by atoms with Crippen LogP contribution >= 0.6 is 0 Å². The van der Waals surface area contributed by atoms with Crippen molar-refractivity contribution in [3.63, 3.8) is 0 Å². The number of hydrogen-bond acceptors (Lipinski definition) is 6. The molecular formula is C21H24N2O6. The average molecular weight is 400 g/mol. The molecule has 29 heavy (non-hydrogen) atoms. The molecule has 2 rings (SSSR count). The van der Waals surface area contributed by atoms with E-state index in [2.05, 4.69) is 10.9 Å². The number of para-hydroxylation sites is 2. The van der Waals surface area contributed by atoms with Gasteiger partial charge in [-0.1, -0.05) is 18.2 Å². The number of carbonyl (C=O) groups excluding carboxylic acids is 2. The Morgan fingerprint density at radius 2 is 1.59 bits per heavy atom. The second kappa shape index (κ2) is 11.2. The number of ether oxygens (including phenoxy) is 4. The zero-order chi connectivity index (χ0) is 21.1.